The molecule has 0 unspecified atom stereocenters. The molecular weight excluding hydrogens is 338 g/mol. The van der Waals surface area contributed by atoms with Crippen LogP contribution < -0.4 is 10.6 Å². The molecule has 1 aromatic carbocycles. The third-order valence-corrected chi connectivity index (χ3v) is 4.48. The molecule has 3 rings (SSSR count). The van der Waals surface area contributed by atoms with Crippen LogP contribution in [0, 0.1) is 0 Å². The molecule has 0 aliphatic carbocycles. The molecule has 0 fully saturated rings. The van der Waals surface area contributed by atoms with Gasteiger partial charge in [-0.05, 0) is 29.7 Å². The molecule has 0 radical (unpaired) electrons. The maximum absolute atomic E-state index is 12.0. The third kappa shape index (κ3) is 5.17. The van der Waals surface area contributed by atoms with Gasteiger partial charge in [0.05, 0.1) is 5.56 Å². The van der Waals surface area contributed by atoms with E-state index in [0.717, 1.165) is 25.5 Å². The lowest BCUT2D eigenvalue weighted by Gasteiger charge is -2.29. The van der Waals surface area contributed by atoms with Crippen LogP contribution in [0.2, 0.25) is 0 Å². The lowest BCUT2D eigenvalue weighted by atomic mass is 10.00. The van der Waals surface area contributed by atoms with Gasteiger partial charge < -0.3 is 15.5 Å². The second-order valence-electron chi connectivity index (χ2n) is 6.26. The largest absolute Gasteiger partial charge is 0.354 e. The first-order valence-electron chi connectivity index (χ1n) is 9.16. The van der Waals surface area contributed by atoms with Crippen molar-refractivity contribution in [3.8, 4) is 0 Å². The van der Waals surface area contributed by atoms with Crippen LogP contribution in [0.3, 0.4) is 0 Å². The number of benzene rings is 1. The van der Waals surface area contributed by atoms with E-state index in [0.29, 0.717) is 18.7 Å². The van der Waals surface area contributed by atoms with Gasteiger partial charge in [0.1, 0.15) is 0 Å². The zero-order chi connectivity index (χ0) is 18.9. The molecule has 0 spiro atoms. The highest BCUT2D eigenvalue weighted by Gasteiger charge is 2.16. The summed E-state index contributed by atoms with van der Waals surface area (Å²) in [6, 6.07) is 14.0. The van der Waals surface area contributed by atoms with Crippen LogP contribution in [-0.2, 0) is 0 Å². The Hall–Kier alpha value is -3.15. The van der Waals surface area contributed by atoms with E-state index in [1.165, 1.54) is 11.1 Å². The van der Waals surface area contributed by atoms with Gasteiger partial charge >= 0.3 is 0 Å². The highest BCUT2D eigenvalue weighted by Crippen LogP contribution is 2.21. The van der Waals surface area contributed by atoms with Crippen molar-refractivity contribution in [3.05, 3.63) is 72.1 Å². The smallest absolute Gasteiger partial charge is 0.252 e. The first kappa shape index (κ1) is 18.6. The molecule has 0 saturated carbocycles. The van der Waals surface area contributed by atoms with E-state index in [-0.39, 0.29) is 5.91 Å². The summed E-state index contributed by atoms with van der Waals surface area (Å²) in [5.74, 6) is 0.738. The van der Waals surface area contributed by atoms with Gasteiger partial charge in [-0.3, -0.25) is 14.8 Å². The summed E-state index contributed by atoms with van der Waals surface area (Å²) >= 11 is 0. The molecule has 6 heteroatoms. The van der Waals surface area contributed by atoms with Gasteiger partial charge in [-0.25, -0.2) is 0 Å². The molecule has 2 aromatic rings. The number of guanidine groups is 1. The molecule has 1 aromatic heterocycles. The normalized spacial score (nSPS) is 14.5. The lowest BCUT2D eigenvalue weighted by molar-refractivity contribution is 0.0954. The summed E-state index contributed by atoms with van der Waals surface area (Å²) in [6.45, 7) is 2.88. The molecule has 27 heavy (non-hydrogen) atoms. The molecule has 1 amide bonds. The van der Waals surface area contributed by atoms with Crippen molar-refractivity contribution in [2.24, 2.45) is 4.99 Å². The van der Waals surface area contributed by atoms with Crippen molar-refractivity contribution >= 4 is 17.4 Å². The van der Waals surface area contributed by atoms with Crippen molar-refractivity contribution in [1.82, 2.24) is 20.5 Å². The summed E-state index contributed by atoms with van der Waals surface area (Å²) < 4.78 is 0. The highest BCUT2D eigenvalue weighted by atomic mass is 16.1. The summed E-state index contributed by atoms with van der Waals surface area (Å²) in [6.07, 6.45) is 6.46. The van der Waals surface area contributed by atoms with E-state index in [9.17, 15) is 4.79 Å². The average molecular weight is 363 g/mol. The van der Waals surface area contributed by atoms with E-state index >= 15 is 0 Å². The van der Waals surface area contributed by atoms with Gasteiger partial charge in [-0.2, -0.15) is 0 Å². The molecule has 1 aliphatic heterocycles. The van der Waals surface area contributed by atoms with Crippen molar-refractivity contribution in [1.29, 1.82) is 0 Å². The monoisotopic (exact) mass is 363 g/mol. The zero-order valence-electron chi connectivity index (χ0n) is 15.6. The number of rotatable bonds is 5. The van der Waals surface area contributed by atoms with Crippen LogP contribution in [0.1, 0.15) is 22.3 Å². The zero-order valence-corrected chi connectivity index (χ0v) is 15.6. The van der Waals surface area contributed by atoms with Crippen molar-refractivity contribution in [2.75, 3.05) is 33.2 Å². The number of amides is 1. The second-order valence-corrected chi connectivity index (χ2v) is 6.26. The SMILES string of the molecule is CN=C(NCCNC(=O)c1cccnc1)N1CC=C(c2ccccc2)CC1. The topological polar surface area (TPSA) is 69.6 Å². The number of hydrogen-bond acceptors (Lipinski definition) is 3. The van der Waals surface area contributed by atoms with E-state index < -0.39 is 0 Å². The first-order valence-corrected chi connectivity index (χ1v) is 9.16. The molecule has 0 bridgehead atoms. The number of nitrogens with one attached hydrogen (secondary N) is 2. The Morgan fingerprint density at radius 1 is 1.15 bits per heavy atom. The number of aromatic nitrogens is 1. The summed E-state index contributed by atoms with van der Waals surface area (Å²) in [4.78, 5) is 22.5. The van der Waals surface area contributed by atoms with E-state index in [1.807, 2.05) is 6.07 Å². The van der Waals surface area contributed by atoms with Crippen LogP contribution >= 0.6 is 0 Å². The Labute approximate surface area is 160 Å². The Bertz CT molecular complexity index is 802. The minimum absolute atomic E-state index is 0.117. The Kier molecular flexibility index (Phi) is 6.57. The molecule has 0 atom stereocenters. The Balaban J connectivity index is 1.45. The molecular formula is C21H25N5O. The number of nitrogens with zero attached hydrogens (tertiary/aromatic N) is 3. The number of aliphatic imine (C=N–C) groups is 1. The van der Waals surface area contributed by atoms with Gasteiger partial charge in [-0.1, -0.05) is 36.4 Å². The van der Waals surface area contributed by atoms with Gasteiger partial charge in [0.2, 0.25) is 0 Å². The third-order valence-electron chi connectivity index (χ3n) is 4.48. The predicted molar refractivity (Wildman–Crippen MR) is 109 cm³/mol. The minimum atomic E-state index is -0.117. The standard InChI is InChI=1S/C21H25N5O/c1-22-21(25-13-12-24-20(27)19-8-5-11-23-16-19)26-14-9-18(10-15-26)17-6-3-2-4-7-17/h2-9,11,16H,10,12-15H2,1H3,(H,22,25)(H,24,27). The lowest BCUT2D eigenvalue weighted by Crippen LogP contribution is -2.45. The Morgan fingerprint density at radius 3 is 2.63 bits per heavy atom. The van der Waals surface area contributed by atoms with Gasteiger partial charge in [0, 0.05) is 45.6 Å². The van der Waals surface area contributed by atoms with E-state index in [1.54, 1.807) is 31.6 Å². The number of hydrogen-bond donors (Lipinski definition) is 2. The minimum Gasteiger partial charge on any atom is -0.354 e. The molecule has 6 nitrogen and oxygen atoms in total. The second kappa shape index (κ2) is 9.52. The fourth-order valence-electron chi connectivity index (χ4n) is 3.06. The first-order chi connectivity index (χ1) is 13.3. The highest BCUT2D eigenvalue weighted by molar-refractivity contribution is 5.93. The fourth-order valence-corrected chi connectivity index (χ4v) is 3.06. The van der Waals surface area contributed by atoms with Crippen molar-refractivity contribution in [3.63, 3.8) is 0 Å². The van der Waals surface area contributed by atoms with Gasteiger partial charge in [0.25, 0.3) is 5.91 Å². The molecule has 0 saturated heterocycles. The molecule has 140 valence electrons. The quantitative estimate of drug-likeness (QED) is 0.485. The van der Waals surface area contributed by atoms with Crippen molar-refractivity contribution in [2.45, 2.75) is 6.42 Å². The van der Waals surface area contributed by atoms with Crippen LogP contribution in [0.15, 0.2) is 65.9 Å². The number of carbonyl (C=O) groups excluding carboxylic acids is 1. The number of carbonyl (C=O) groups is 1. The van der Waals surface area contributed by atoms with Crippen LogP contribution in [-0.4, -0.2) is 55.0 Å². The summed E-state index contributed by atoms with van der Waals surface area (Å²) in [5.41, 5.74) is 3.24. The van der Waals surface area contributed by atoms with Gasteiger partial charge in [0.15, 0.2) is 5.96 Å². The van der Waals surface area contributed by atoms with Crippen LogP contribution in [0.5, 0.6) is 0 Å². The van der Waals surface area contributed by atoms with Crippen molar-refractivity contribution < 1.29 is 4.79 Å². The van der Waals surface area contributed by atoms with E-state index in [2.05, 4.69) is 55.9 Å². The summed E-state index contributed by atoms with van der Waals surface area (Å²) in [7, 11) is 1.78. The predicted octanol–water partition coefficient (Wildman–Crippen LogP) is 2.18. The molecule has 2 N–H and O–H groups in total. The summed E-state index contributed by atoms with van der Waals surface area (Å²) in [5, 5.41) is 6.20. The number of pyridine rings is 1. The molecule has 1 aliphatic rings. The maximum atomic E-state index is 12.0. The molecule has 2 heterocycles. The van der Waals surface area contributed by atoms with Crippen LogP contribution in [0.4, 0.5) is 0 Å². The van der Waals surface area contributed by atoms with Gasteiger partial charge in [-0.15, -0.1) is 0 Å². The fraction of sp³-hybridized carbons (Fsp3) is 0.286. The Morgan fingerprint density at radius 2 is 1.96 bits per heavy atom. The average Bonchev–Trinajstić information content (AvgIpc) is 2.75. The van der Waals surface area contributed by atoms with E-state index in [4.69, 9.17) is 0 Å². The van der Waals surface area contributed by atoms with Crippen LogP contribution in [0.25, 0.3) is 5.57 Å². The maximum Gasteiger partial charge on any atom is 0.252 e.